The summed E-state index contributed by atoms with van der Waals surface area (Å²) >= 11 is 7.79. The van der Waals surface area contributed by atoms with Crippen molar-refractivity contribution in [2.75, 3.05) is 37.6 Å². The second-order valence-electron chi connectivity index (χ2n) is 9.45. The molecule has 0 saturated heterocycles. The number of hydrogen-bond acceptors (Lipinski definition) is 6. The van der Waals surface area contributed by atoms with Crippen molar-refractivity contribution in [3.63, 3.8) is 0 Å². The lowest BCUT2D eigenvalue weighted by molar-refractivity contribution is 0.0983. The van der Waals surface area contributed by atoms with E-state index in [-0.39, 0.29) is 10.8 Å². The second-order valence-corrected chi connectivity index (χ2v) is 12.8. The number of sulfonamides is 1. The van der Waals surface area contributed by atoms with Gasteiger partial charge in [-0.1, -0.05) is 67.1 Å². The molecule has 0 aliphatic carbocycles. The van der Waals surface area contributed by atoms with E-state index in [9.17, 15) is 13.2 Å². The van der Waals surface area contributed by atoms with Gasteiger partial charge in [0, 0.05) is 31.7 Å². The molecule has 3 aromatic carbocycles. The smallest absolute Gasteiger partial charge is 0.260 e. The minimum atomic E-state index is -3.69. The number of carbonyl (C=O) groups excluding carboxylic acids is 1. The molecule has 0 unspecified atom stereocenters. The molecule has 2 heterocycles. The van der Waals surface area contributed by atoms with Crippen molar-refractivity contribution in [3.8, 4) is 0 Å². The van der Waals surface area contributed by atoms with E-state index < -0.39 is 10.0 Å². The summed E-state index contributed by atoms with van der Waals surface area (Å²) in [6.07, 6.45) is 0.680. The maximum atomic E-state index is 13.8. The van der Waals surface area contributed by atoms with Crippen LogP contribution in [0.1, 0.15) is 35.3 Å². The molecule has 0 saturated carbocycles. The fraction of sp³-hybridized carbons (Fsp3) is 0.310. The molecule has 0 spiro atoms. The van der Waals surface area contributed by atoms with Crippen LogP contribution in [-0.2, 0) is 23.0 Å². The number of aromatic nitrogens is 1. The van der Waals surface area contributed by atoms with E-state index in [2.05, 4.69) is 18.7 Å². The van der Waals surface area contributed by atoms with E-state index in [0.29, 0.717) is 53.8 Å². The van der Waals surface area contributed by atoms with Crippen LogP contribution in [0.2, 0.25) is 5.02 Å². The molecule has 1 amide bonds. The fourth-order valence-electron chi connectivity index (χ4n) is 4.83. The van der Waals surface area contributed by atoms with Crippen LogP contribution >= 0.6 is 22.9 Å². The van der Waals surface area contributed by atoms with Crippen LogP contribution in [0.4, 0.5) is 5.13 Å². The number of rotatable bonds is 9. The Labute approximate surface area is 238 Å². The topological polar surface area (TPSA) is 73.8 Å². The van der Waals surface area contributed by atoms with Gasteiger partial charge in [-0.05, 0) is 67.0 Å². The summed E-state index contributed by atoms with van der Waals surface area (Å²) in [5.74, 6) is -0.229. The van der Waals surface area contributed by atoms with Gasteiger partial charge in [-0.2, -0.15) is 4.31 Å². The highest BCUT2D eigenvalue weighted by Gasteiger charge is 2.29. The molecule has 1 aliphatic heterocycles. The first kappa shape index (κ1) is 27.7. The van der Waals surface area contributed by atoms with Crippen LogP contribution in [-0.4, -0.2) is 61.2 Å². The predicted molar refractivity (Wildman–Crippen MR) is 158 cm³/mol. The van der Waals surface area contributed by atoms with Crippen molar-refractivity contribution in [3.05, 3.63) is 88.4 Å². The standard InChI is InChI=1S/C29H31ClN4O3S2/c1-3-32(4-2)18-19-34(29-31-27-25(30)10-7-11-26(27)38-29)28(35)22-12-14-24(15-13-22)39(36,37)33-17-16-21-8-5-6-9-23(21)20-33/h5-15H,3-4,16-20H2,1-2H3. The zero-order valence-electron chi connectivity index (χ0n) is 22.0. The molecular weight excluding hydrogens is 552 g/mol. The van der Waals surface area contributed by atoms with E-state index in [0.717, 1.165) is 23.4 Å². The molecular formula is C29H31ClN4O3S2. The molecule has 0 fully saturated rings. The zero-order chi connectivity index (χ0) is 27.6. The van der Waals surface area contributed by atoms with Crippen LogP contribution in [0.3, 0.4) is 0 Å². The molecule has 1 aliphatic rings. The van der Waals surface area contributed by atoms with Crippen molar-refractivity contribution in [1.29, 1.82) is 0 Å². The highest BCUT2D eigenvalue weighted by molar-refractivity contribution is 7.89. The van der Waals surface area contributed by atoms with Crippen molar-refractivity contribution < 1.29 is 13.2 Å². The van der Waals surface area contributed by atoms with Crippen molar-refractivity contribution in [1.82, 2.24) is 14.2 Å². The SMILES string of the molecule is CCN(CC)CCN(C(=O)c1ccc(S(=O)(=O)N2CCc3ccccc3C2)cc1)c1nc2c(Cl)cccc2s1. The Kier molecular flexibility index (Phi) is 8.35. The number of nitrogens with zero attached hydrogens (tertiary/aromatic N) is 4. The Morgan fingerprint density at radius 1 is 0.974 bits per heavy atom. The van der Waals surface area contributed by atoms with Gasteiger partial charge in [0.25, 0.3) is 5.91 Å². The summed E-state index contributed by atoms with van der Waals surface area (Å²) in [6.45, 7) is 7.84. The predicted octanol–water partition coefficient (Wildman–Crippen LogP) is 5.69. The first-order valence-corrected chi connectivity index (χ1v) is 15.7. The van der Waals surface area contributed by atoms with E-state index in [4.69, 9.17) is 16.6 Å². The summed E-state index contributed by atoms with van der Waals surface area (Å²) in [7, 11) is -3.69. The Bertz CT molecular complexity index is 1580. The third kappa shape index (κ3) is 5.73. The molecule has 10 heteroatoms. The lowest BCUT2D eigenvalue weighted by Gasteiger charge is -2.28. The number of anilines is 1. The summed E-state index contributed by atoms with van der Waals surface area (Å²) in [4.78, 5) is 22.6. The van der Waals surface area contributed by atoms with Crippen molar-refractivity contribution >= 4 is 54.2 Å². The number of fused-ring (bicyclic) bond motifs is 2. The molecule has 5 rings (SSSR count). The molecule has 7 nitrogen and oxygen atoms in total. The number of likely N-dealkylation sites (N-methyl/N-ethyl adjacent to an activating group) is 1. The summed E-state index contributed by atoms with van der Waals surface area (Å²) < 4.78 is 29.2. The maximum absolute atomic E-state index is 13.8. The van der Waals surface area contributed by atoms with Crippen LogP contribution in [0.25, 0.3) is 10.2 Å². The first-order valence-electron chi connectivity index (χ1n) is 13.1. The zero-order valence-corrected chi connectivity index (χ0v) is 24.4. The number of hydrogen-bond donors (Lipinski definition) is 0. The minimum absolute atomic E-state index is 0.180. The van der Waals surface area contributed by atoms with Gasteiger partial charge in [-0.25, -0.2) is 13.4 Å². The monoisotopic (exact) mass is 582 g/mol. The lowest BCUT2D eigenvalue weighted by Crippen LogP contribution is -2.39. The fourth-order valence-corrected chi connectivity index (χ4v) is 7.54. The number of para-hydroxylation sites is 1. The van der Waals surface area contributed by atoms with Crippen LogP contribution in [0, 0.1) is 0 Å². The number of carbonyl (C=O) groups is 1. The molecule has 1 aromatic heterocycles. The van der Waals surface area contributed by atoms with Crippen LogP contribution in [0.15, 0.2) is 71.6 Å². The third-order valence-electron chi connectivity index (χ3n) is 7.20. The van der Waals surface area contributed by atoms with Gasteiger partial charge in [0.05, 0.1) is 14.6 Å². The van der Waals surface area contributed by atoms with E-state index in [1.54, 1.807) is 23.1 Å². The molecule has 4 aromatic rings. The Morgan fingerprint density at radius 3 is 2.38 bits per heavy atom. The Hall–Kier alpha value is -2.82. The summed E-state index contributed by atoms with van der Waals surface area (Å²) in [5, 5.41) is 1.11. The maximum Gasteiger partial charge on any atom is 0.260 e. The number of amides is 1. The largest absolute Gasteiger partial charge is 0.302 e. The van der Waals surface area contributed by atoms with Gasteiger partial charge < -0.3 is 4.90 Å². The molecule has 0 bridgehead atoms. The van der Waals surface area contributed by atoms with Gasteiger partial charge in [0.2, 0.25) is 10.0 Å². The first-order chi connectivity index (χ1) is 18.8. The van der Waals surface area contributed by atoms with Gasteiger partial charge in [-0.15, -0.1) is 0 Å². The normalized spacial score (nSPS) is 14.1. The second kappa shape index (κ2) is 11.7. The van der Waals surface area contributed by atoms with E-state index >= 15 is 0 Å². The molecule has 0 atom stereocenters. The van der Waals surface area contributed by atoms with Gasteiger partial charge in [-0.3, -0.25) is 9.69 Å². The minimum Gasteiger partial charge on any atom is -0.302 e. The third-order valence-corrected chi connectivity index (χ3v) is 10.4. The van der Waals surface area contributed by atoms with Crippen molar-refractivity contribution in [2.45, 2.75) is 31.7 Å². The molecule has 204 valence electrons. The average molecular weight is 583 g/mol. The number of thiazole rings is 1. The van der Waals surface area contributed by atoms with Gasteiger partial charge >= 0.3 is 0 Å². The highest BCUT2D eigenvalue weighted by Crippen LogP contribution is 2.33. The van der Waals surface area contributed by atoms with Gasteiger partial charge in [0.15, 0.2) is 5.13 Å². The van der Waals surface area contributed by atoms with E-state index in [1.165, 1.54) is 33.3 Å². The van der Waals surface area contributed by atoms with Crippen LogP contribution in [0.5, 0.6) is 0 Å². The average Bonchev–Trinajstić information content (AvgIpc) is 3.40. The highest BCUT2D eigenvalue weighted by atomic mass is 35.5. The van der Waals surface area contributed by atoms with Crippen molar-refractivity contribution in [2.24, 2.45) is 0 Å². The number of halogens is 1. The number of benzene rings is 3. The van der Waals surface area contributed by atoms with E-state index in [1.807, 2.05) is 36.4 Å². The van der Waals surface area contributed by atoms with Crippen LogP contribution < -0.4 is 4.90 Å². The molecule has 0 radical (unpaired) electrons. The quantitative estimate of drug-likeness (QED) is 0.254. The summed E-state index contributed by atoms with van der Waals surface area (Å²) in [5.41, 5.74) is 3.29. The molecule has 39 heavy (non-hydrogen) atoms. The Balaban J connectivity index is 1.40. The Morgan fingerprint density at radius 2 is 1.69 bits per heavy atom. The van der Waals surface area contributed by atoms with Gasteiger partial charge in [0.1, 0.15) is 5.52 Å². The summed E-state index contributed by atoms with van der Waals surface area (Å²) in [6, 6.07) is 19.8. The molecule has 0 N–H and O–H groups in total. The lowest BCUT2D eigenvalue weighted by atomic mass is 10.0.